The fourth-order valence-corrected chi connectivity index (χ4v) is 2.33. The van der Waals surface area contributed by atoms with Gasteiger partial charge in [0.05, 0.1) is 0 Å². The van der Waals surface area contributed by atoms with Crippen molar-refractivity contribution in [3.63, 3.8) is 0 Å². The SMILES string of the molecule is CC/C(C(=O)NC)=C(\CC)c1cc2ccccc2o1. The second-order valence-corrected chi connectivity index (χ2v) is 4.39. The van der Waals surface area contributed by atoms with E-state index < -0.39 is 0 Å². The van der Waals surface area contributed by atoms with Gasteiger partial charge in [-0.1, -0.05) is 32.0 Å². The van der Waals surface area contributed by atoms with Crippen molar-refractivity contribution in [2.45, 2.75) is 26.7 Å². The normalized spacial score (nSPS) is 12.4. The molecule has 1 aromatic carbocycles. The molecule has 0 bridgehead atoms. The van der Waals surface area contributed by atoms with Crippen LogP contribution in [0, 0.1) is 0 Å². The van der Waals surface area contributed by atoms with Crippen molar-refractivity contribution in [1.82, 2.24) is 5.32 Å². The van der Waals surface area contributed by atoms with Crippen molar-refractivity contribution >= 4 is 22.4 Å². The molecule has 1 amide bonds. The number of furan rings is 1. The van der Waals surface area contributed by atoms with E-state index in [9.17, 15) is 4.79 Å². The molecule has 0 saturated heterocycles. The smallest absolute Gasteiger partial charge is 0.247 e. The Balaban J connectivity index is 2.57. The zero-order valence-corrected chi connectivity index (χ0v) is 11.6. The molecule has 0 radical (unpaired) electrons. The Hall–Kier alpha value is -2.03. The lowest BCUT2D eigenvalue weighted by Gasteiger charge is -2.09. The van der Waals surface area contributed by atoms with E-state index in [0.717, 1.165) is 34.3 Å². The minimum atomic E-state index is -0.0280. The van der Waals surface area contributed by atoms with E-state index in [0.29, 0.717) is 6.42 Å². The third-order valence-corrected chi connectivity index (χ3v) is 3.30. The first-order chi connectivity index (χ1) is 9.21. The van der Waals surface area contributed by atoms with Crippen molar-refractivity contribution in [3.8, 4) is 0 Å². The summed E-state index contributed by atoms with van der Waals surface area (Å²) < 4.78 is 5.86. The first-order valence-corrected chi connectivity index (χ1v) is 6.64. The molecule has 3 nitrogen and oxygen atoms in total. The fraction of sp³-hybridized carbons (Fsp3) is 0.312. The lowest BCUT2D eigenvalue weighted by atomic mass is 10.00. The van der Waals surface area contributed by atoms with E-state index in [1.165, 1.54) is 0 Å². The molecule has 0 aliphatic rings. The number of amides is 1. The Morgan fingerprint density at radius 3 is 2.53 bits per heavy atom. The van der Waals surface area contributed by atoms with Crippen LogP contribution in [0.2, 0.25) is 0 Å². The maximum absolute atomic E-state index is 11.9. The molecule has 2 rings (SSSR count). The van der Waals surface area contributed by atoms with Gasteiger partial charge in [-0.2, -0.15) is 0 Å². The topological polar surface area (TPSA) is 42.2 Å². The summed E-state index contributed by atoms with van der Waals surface area (Å²) in [6.07, 6.45) is 1.47. The van der Waals surface area contributed by atoms with Crippen LogP contribution in [0.3, 0.4) is 0 Å². The Kier molecular flexibility index (Phi) is 4.05. The van der Waals surface area contributed by atoms with Crippen LogP contribution in [0.4, 0.5) is 0 Å². The monoisotopic (exact) mass is 257 g/mol. The quantitative estimate of drug-likeness (QED) is 0.847. The number of hydrogen-bond donors (Lipinski definition) is 1. The Morgan fingerprint density at radius 2 is 1.95 bits per heavy atom. The van der Waals surface area contributed by atoms with Crippen molar-refractivity contribution in [2.24, 2.45) is 0 Å². The molecular formula is C16H19NO2. The van der Waals surface area contributed by atoms with Gasteiger partial charge < -0.3 is 9.73 Å². The van der Waals surface area contributed by atoms with Crippen molar-refractivity contribution in [3.05, 3.63) is 41.7 Å². The highest BCUT2D eigenvalue weighted by Gasteiger charge is 2.16. The van der Waals surface area contributed by atoms with Gasteiger partial charge in [-0.05, 0) is 25.0 Å². The van der Waals surface area contributed by atoms with Gasteiger partial charge >= 0.3 is 0 Å². The Morgan fingerprint density at radius 1 is 1.21 bits per heavy atom. The minimum absolute atomic E-state index is 0.0280. The molecule has 0 aliphatic heterocycles. The highest BCUT2D eigenvalue weighted by Crippen LogP contribution is 2.29. The standard InChI is InChI=1S/C16H19NO2/c1-4-12(13(5-2)16(18)17-3)15-10-11-8-6-7-9-14(11)19-15/h6-10H,4-5H2,1-3H3,(H,17,18)/b13-12-. The maximum atomic E-state index is 11.9. The van der Waals surface area contributed by atoms with E-state index in [2.05, 4.69) is 5.32 Å². The zero-order chi connectivity index (χ0) is 13.8. The summed E-state index contributed by atoms with van der Waals surface area (Å²) in [4.78, 5) is 11.9. The average molecular weight is 257 g/mol. The summed E-state index contributed by atoms with van der Waals surface area (Å²) >= 11 is 0. The Labute approximate surface area is 113 Å². The first-order valence-electron chi connectivity index (χ1n) is 6.64. The van der Waals surface area contributed by atoms with Crippen LogP contribution in [0.1, 0.15) is 32.4 Å². The van der Waals surface area contributed by atoms with Crippen LogP contribution < -0.4 is 5.32 Å². The second-order valence-electron chi connectivity index (χ2n) is 4.39. The second kappa shape index (κ2) is 5.74. The molecule has 1 heterocycles. The van der Waals surface area contributed by atoms with Gasteiger partial charge in [0.15, 0.2) is 0 Å². The summed E-state index contributed by atoms with van der Waals surface area (Å²) in [5.41, 5.74) is 2.64. The van der Waals surface area contributed by atoms with Crippen LogP contribution >= 0.6 is 0 Å². The number of benzene rings is 1. The average Bonchev–Trinajstić information content (AvgIpc) is 2.87. The predicted octanol–water partition coefficient (Wildman–Crippen LogP) is 3.75. The summed E-state index contributed by atoms with van der Waals surface area (Å²) in [5, 5.41) is 3.76. The molecule has 1 N–H and O–H groups in total. The number of rotatable bonds is 4. The van der Waals surface area contributed by atoms with Gasteiger partial charge in [0, 0.05) is 23.6 Å². The molecular weight excluding hydrogens is 238 g/mol. The van der Waals surface area contributed by atoms with Crippen LogP contribution in [0.25, 0.3) is 16.5 Å². The summed E-state index contributed by atoms with van der Waals surface area (Å²) in [6.45, 7) is 4.03. The molecule has 0 aliphatic carbocycles. The van der Waals surface area contributed by atoms with Gasteiger partial charge in [-0.25, -0.2) is 0 Å². The van der Waals surface area contributed by atoms with E-state index in [4.69, 9.17) is 4.42 Å². The number of likely N-dealkylation sites (N-methyl/N-ethyl adjacent to an activating group) is 1. The lowest BCUT2D eigenvalue weighted by molar-refractivity contribution is -0.117. The van der Waals surface area contributed by atoms with Gasteiger partial charge in [0.25, 0.3) is 0 Å². The molecule has 0 fully saturated rings. The molecule has 0 atom stereocenters. The number of hydrogen-bond acceptors (Lipinski definition) is 2. The lowest BCUT2D eigenvalue weighted by Crippen LogP contribution is -2.20. The highest BCUT2D eigenvalue weighted by molar-refractivity contribution is 6.01. The van der Waals surface area contributed by atoms with Gasteiger partial charge in [0.1, 0.15) is 11.3 Å². The molecule has 0 spiro atoms. The summed E-state index contributed by atoms with van der Waals surface area (Å²) in [5.74, 6) is 0.768. The molecule has 0 saturated carbocycles. The van der Waals surface area contributed by atoms with E-state index in [1.807, 2.05) is 44.2 Å². The third kappa shape index (κ3) is 2.55. The van der Waals surface area contributed by atoms with E-state index >= 15 is 0 Å². The Bertz CT molecular complexity index is 589. The molecule has 2 aromatic rings. The van der Waals surface area contributed by atoms with Crippen LogP contribution in [-0.2, 0) is 4.79 Å². The molecule has 19 heavy (non-hydrogen) atoms. The van der Waals surface area contributed by atoms with Crippen molar-refractivity contribution < 1.29 is 9.21 Å². The molecule has 100 valence electrons. The third-order valence-electron chi connectivity index (χ3n) is 3.30. The van der Waals surface area contributed by atoms with Crippen LogP contribution in [-0.4, -0.2) is 13.0 Å². The number of allylic oxidation sites excluding steroid dienone is 1. The van der Waals surface area contributed by atoms with Crippen molar-refractivity contribution in [1.29, 1.82) is 0 Å². The number of nitrogens with one attached hydrogen (secondary N) is 1. The van der Waals surface area contributed by atoms with Crippen LogP contribution in [0.5, 0.6) is 0 Å². The fourth-order valence-electron chi connectivity index (χ4n) is 2.33. The first kappa shape index (κ1) is 13.4. The number of carbonyl (C=O) groups excluding carboxylic acids is 1. The molecule has 1 aromatic heterocycles. The van der Waals surface area contributed by atoms with Gasteiger partial charge in [0.2, 0.25) is 5.91 Å². The predicted molar refractivity (Wildman–Crippen MR) is 77.8 cm³/mol. The van der Waals surface area contributed by atoms with Crippen molar-refractivity contribution in [2.75, 3.05) is 7.05 Å². The number of carbonyl (C=O) groups is 1. The van der Waals surface area contributed by atoms with Gasteiger partial charge in [-0.15, -0.1) is 0 Å². The van der Waals surface area contributed by atoms with E-state index in [-0.39, 0.29) is 5.91 Å². The minimum Gasteiger partial charge on any atom is -0.456 e. The summed E-state index contributed by atoms with van der Waals surface area (Å²) in [7, 11) is 1.66. The highest BCUT2D eigenvalue weighted by atomic mass is 16.3. The largest absolute Gasteiger partial charge is 0.456 e. The molecule has 3 heteroatoms. The van der Waals surface area contributed by atoms with Gasteiger partial charge in [-0.3, -0.25) is 4.79 Å². The zero-order valence-electron chi connectivity index (χ0n) is 11.6. The number of fused-ring (bicyclic) bond motifs is 1. The summed E-state index contributed by atoms with van der Waals surface area (Å²) in [6, 6.07) is 9.90. The van der Waals surface area contributed by atoms with E-state index in [1.54, 1.807) is 7.05 Å². The van der Waals surface area contributed by atoms with Crippen LogP contribution in [0.15, 0.2) is 40.3 Å². The number of para-hydroxylation sites is 1. The molecule has 0 unspecified atom stereocenters. The maximum Gasteiger partial charge on any atom is 0.247 e.